The highest BCUT2D eigenvalue weighted by Crippen LogP contribution is 2.79. The lowest BCUT2D eigenvalue weighted by molar-refractivity contribution is 0.590. The first-order chi connectivity index (χ1) is 27.9. The van der Waals surface area contributed by atoms with E-state index < -0.39 is 10.0 Å². The Bertz CT molecular complexity index is 3030. The molecule has 0 atom stereocenters. The summed E-state index contributed by atoms with van der Waals surface area (Å²) in [5, 5.41) is 2.65. The van der Waals surface area contributed by atoms with E-state index >= 15 is 0 Å². The molecule has 8 aromatic carbocycles. The van der Waals surface area contributed by atoms with Gasteiger partial charge in [0.05, 0.1) is 11.4 Å². The second-order valence-corrected chi connectivity index (χ2v) is 20.6. The van der Waals surface area contributed by atoms with E-state index in [1.54, 1.807) is 0 Å². The largest absolute Gasteiger partial charge is 0.311 e. The summed E-state index contributed by atoms with van der Waals surface area (Å²) in [7, 11) is -1.88. The van der Waals surface area contributed by atoms with E-state index in [2.05, 4.69) is 213 Å². The second-order valence-electron chi connectivity index (χ2n) is 16.5. The van der Waals surface area contributed by atoms with Crippen LogP contribution in [-0.4, -0.2) is 6.71 Å². The maximum absolute atomic E-state index is 2.62. The Morgan fingerprint density at radius 2 is 1.09 bits per heavy atom. The fourth-order valence-electron chi connectivity index (χ4n) is 9.97. The van der Waals surface area contributed by atoms with Gasteiger partial charge in [0.1, 0.15) is 0 Å². The minimum atomic E-state index is -1.88. The molecular weight excluding hydrogens is 728 g/mol. The van der Waals surface area contributed by atoms with Crippen LogP contribution in [0.3, 0.4) is 0 Å². The molecule has 9 aromatic rings. The van der Waals surface area contributed by atoms with E-state index in [-0.39, 0.29) is 12.1 Å². The second kappa shape index (κ2) is 12.0. The predicted molar refractivity (Wildman–Crippen MR) is 246 cm³/mol. The zero-order valence-corrected chi connectivity index (χ0v) is 33.7. The zero-order valence-electron chi connectivity index (χ0n) is 32.1. The molecule has 272 valence electrons. The van der Waals surface area contributed by atoms with Gasteiger partial charge in [-0.2, -0.15) is 0 Å². The number of thiophene rings is 1. The van der Waals surface area contributed by atoms with Crippen molar-refractivity contribution >= 4 is 98.8 Å². The standard InChI is InChI=1S/C52H39BN2S2/c1-52(2,3)34-28-30-35(31-29-34)54-43-23-15-24-44-50(43)53(41-33-47-39(32-45(41)54)38-20-10-12-25-46(38)56-47)40-21-14-27-49-51(40)55(44)42-22-11-13-26-48(42)57(49,36-16-6-4-7-17-36)37-18-8-5-9-19-37/h4-33H,1-3H3. The van der Waals surface area contributed by atoms with Gasteiger partial charge in [0, 0.05) is 62.5 Å². The number of fused-ring (bicyclic) bond motifs is 9. The average molecular weight is 767 g/mol. The molecule has 0 unspecified atom stereocenters. The van der Waals surface area contributed by atoms with Crippen LogP contribution in [0.1, 0.15) is 26.3 Å². The summed E-state index contributed by atoms with van der Waals surface area (Å²) < 4.78 is 2.67. The Labute approximate surface area is 340 Å². The van der Waals surface area contributed by atoms with Crippen LogP contribution < -0.4 is 26.2 Å². The van der Waals surface area contributed by atoms with Gasteiger partial charge < -0.3 is 9.80 Å². The highest BCUT2D eigenvalue weighted by Gasteiger charge is 2.50. The molecule has 2 nitrogen and oxygen atoms in total. The molecule has 0 radical (unpaired) electrons. The first kappa shape index (κ1) is 33.2. The van der Waals surface area contributed by atoms with Crippen molar-refractivity contribution in [1.82, 2.24) is 0 Å². The highest BCUT2D eigenvalue weighted by atomic mass is 32.3. The van der Waals surface area contributed by atoms with Gasteiger partial charge in [-0.15, -0.1) is 21.4 Å². The van der Waals surface area contributed by atoms with Crippen molar-refractivity contribution in [3.05, 3.63) is 188 Å². The van der Waals surface area contributed by atoms with Gasteiger partial charge in [-0.1, -0.05) is 118 Å². The lowest BCUT2D eigenvalue weighted by Crippen LogP contribution is -2.61. The van der Waals surface area contributed by atoms with E-state index in [0.29, 0.717) is 0 Å². The van der Waals surface area contributed by atoms with Crippen LogP contribution in [0.15, 0.2) is 202 Å². The fourth-order valence-corrected chi connectivity index (χ4v) is 15.3. The molecule has 12 rings (SSSR count). The quantitative estimate of drug-likeness (QED) is 0.165. The van der Waals surface area contributed by atoms with E-state index in [4.69, 9.17) is 0 Å². The van der Waals surface area contributed by atoms with Crippen molar-refractivity contribution in [1.29, 1.82) is 0 Å². The molecule has 4 heterocycles. The van der Waals surface area contributed by atoms with Crippen LogP contribution in [0.2, 0.25) is 0 Å². The van der Waals surface area contributed by atoms with E-state index in [0.717, 1.165) is 0 Å². The Balaban J connectivity index is 1.21. The van der Waals surface area contributed by atoms with Crippen LogP contribution >= 0.6 is 21.4 Å². The van der Waals surface area contributed by atoms with Crippen LogP contribution in [0.5, 0.6) is 0 Å². The number of benzene rings is 8. The van der Waals surface area contributed by atoms with E-state index in [9.17, 15) is 0 Å². The van der Waals surface area contributed by atoms with Gasteiger partial charge in [-0.05, 0) is 112 Å². The maximum atomic E-state index is 2.62. The molecule has 0 spiro atoms. The Hall–Kier alpha value is -6.01. The molecule has 57 heavy (non-hydrogen) atoms. The Morgan fingerprint density at radius 3 is 1.82 bits per heavy atom. The molecule has 3 aliphatic rings. The molecule has 1 aromatic heterocycles. The summed E-state index contributed by atoms with van der Waals surface area (Å²) in [6.07, 6.45) is 0. The number of para-hydroxylation sites is 2. The SMILES string of the molecule is CC(C)(C)c1ccc(N2c3cc4c(cc3B3c5cccc6c5N(c5ccccc5S6(c5ccccc5)c5ccccc5)c5cccc2c53)sc2ccccc24)cc1. The molecule has 0 fully saturated rings. The van der Waals surface area contributed by atoms with Gasteiger partial charge in [0.25, 0.3) is 6.71 Å². The summed E-state index contributed by atoms with van der Waals surface area (Å²) >= 11 is 1.91. The third-order valence-electron chi connectivity index (χ3n) is 12.4. The van der Waals surface area contributed by atoms with Crippen molar-refractivity contribution in [2.45, 2.75) is 45.8 Å². The number of nitrogens with zero attached hydrogens (tertiary/aromatic N) is 2. The fraction of sp³-hybridized carbons (Fsp3) is 0.0769. The molecule has 3 aliphatic heterocycles. The minimum Gasteiger partial charge on any atom is -0.311 e. The van der Waals surface area contributed by atoms with Crippen molar-refractivity contribution in [3.63, 3.8) is 0 Å². The third-order valence-corrected chi connectivity index (χ3v) is 17.5. The monoisotopic (exact) mass is 766 g/mol. The topological polar surface area (TPSA) is 6.48 Å². The average Bonchev–Trinajstić information content (AvgIpc) is 3.62. The number of hydrogen-bond acceptors (Lipinski definition) is 3. The molecule has 0 saturated heterocycles. The van der Waals surface area contributed by atoms with Gasteiger partial charge >= 0.3 is 0 Å². The van der Waals surface area contributed by atoms with Crippen molar-refractivity contribution < 1.29 is 0 Å². The minimum absolute atomic E-state index is 0.0472. The number of hydrogen-bond donors (Lipinski definition) is 0. The third kappa shape index (κ3) is 4.50. The van der Waals surface area contributed by atoms with Gasteiger partial charge in [0.15, 0.2) is 0 Å². The Morgan fingerprint density at radius 1 is 0.474 bits per heavy atom. The van der Waals surface area contributed by atoms with Gasteiger partial charge in [0.2, 0.25) is 0 Å². The first-order valence-electron chi connectivity index (χ1n) is 19.9. The summed E-state index contributed by atoms with van der Waals surface area (Å²) in [5.41, 5.74) is 13.1. The molecule has 0 N–H and O–H groups in total. The van der Waals surface area contributed by atoms with Crippen molar-refractivity contribution in [2.24, 2.45) is 0 Å². The van der Waals surface area contributed by atoms with E-state index in [1.165, 1.54) is 95.8 Å². The van der Waals surface area contributed by atoms with Crippen LogP contribution in [0, 0.1) is 0 Å². The molecule has 0 bridgehead atoms. The zero-order chi connectivity index (χ0) is 38.0. The summed E-state index contributed by atoms with van der Waals surface area (Å²) in [6, 6.07) is 69.3. The van der Waals surface area contributed by atoms with Crippen molar-refractivity contribution in [2.75, 3.05) is 9.80 Å². The van der Waals surface area contributed by atoms with Crippen LogP contribution in [-0.2, 0) is 5.41 Å². The van der Waals surface area contributed by atoms with Crippen LogP contribution in [0.4, 0.5) is 34.1 Å². The van der Waals surface area contributed by atoms with Gasteiger partial charge in [-0.3, -0.25) is 0 Å². The smallest absolute Gasteiger partial charge is 0.252 e. The molecule has 0 amide bonds. The summed E-state index contributed by atoms with van der Waals surface area (Å²) in [5.74, 6) is 0. The molecule has 5 heteroatoms. The normalized spacial score (nSPS) is 15.2. The predicted octanol–water partition coefficient (Wildman–Crippen LogP) is 13.1. The lowest BCUT2D eigenvalue weighted by Gasteiger charge is -2.53. The molecular formula is C52H39BN2S2. The molecule has 0 saturated carbocycles. The number of rotatable bonds is 3. The van der Waals surface area contributed by atoms with Gasteiger partial charge in [-0.25, -0.2) is 0 Å². The molecule has 0 aliphatic carbocycles. The first-order valence-corrected chi connectivity index (χ1v) is 22.3. The summed E-state index contributed by atoms with van der Waals surface area (Å²) in [6.45, 7) is 6.93. The highest BCUT2D eigenvalue weighted by molar-refractivity contribution is 8.34. The van der Waals surface area contributed by atoms with Crippen LogP contribution in [0.25, 0.3) is 20.2 Å². The number of anilines is 6. The lowest BCUT2D eigenvalue weighted by atomic mass is 9.33. The Kier molecular flexibility index (Phi) is 6.98. The summed E-state index contributed by atoms with van der Waals surface area (Å²) in [4.78, 5) is 10.7. The van der Waals surface area contributed by atoms with Crippen molar-refractivity contribution in [3.8, 4) is 0 Å². The maximum Gasteiger partial charge on any atom is 0.252 e. The van der Waals surface area contributed by atoms with E-state index in [1.807, 2.05) is 11.3 Å².